The number of hydrogen-bond donors (Lipinski definition) is 1. The SMILES string of the molecule is CCCCN(C)C(=O)C1CCC(C(=O)NCCc2ccc(Cl)cc2)CC1. The minimum Gasteiger partial charge on any atom is -0.356 e. The molecule has 0 atom stereocenters. The normalized spacial score (nSPS) is 19.8. The summed E-state index contributed by atoms with van der Waals surface area (Å²) in [4.78, 5) is 26.7. The topological polar surface area (TPSA) is 49.4 Å². The highest BCUT2D eigenvalue weighted by atomic mass is 35.5. The van der Waals surface area contributed by atoms with Crippen LogP contribution in [0.3, 0.4) is 0 Å². The summed E-state index contributed by atoms with van der Waals surface area (Å²) in [6.07, 6.45) is 6.22. The van der Waals surface area contributed by atoms with Gasteiger partial charge >= 0.3 is 0 Å². The first kappa shape index (κ1) is 20.8. The molecule has 0 radical (unpaired) electrons. The summed E-state index contributed by atoms with van der Waals surface area (Å²) in [5, 5.41) is 3.77. The van der Waals surface area contributed by atoms with Gasteiger partial charge in [-0.25, -0.2) is 0 Å². The number of hydrogen-bond acceptors (Lipinski definition) is 2. The van der Waals surface area contributed by atoms with Crippen LogP contribution in [0.25, 0.3) is 0 Å². The summed E-state index contributed by atoms with van der Waals surface area (Å²) in [6, 6.07) is 7.71. The first-order valence-electron chi connectivity index (χ1n) is 9.78. The van der Waals surface area contributed by atoms with Crippen LogP contribution in [0.4, 0.5) is 0 Å². The summed E-state index contributed by atoms with van der Waals surface area (Å²) < 4.78 is 0. The van der Waals surface area contributed by atoms with Gasteiger partial charge in [-0.15, -0.1) is 0 Å². The molecule has 0 aromatic heterocycles. The molecule has 1 aliphatic rings. The lowest BCUT2D eigenvalue weighted by atomic mass is 9.81. The molecule has 5 heteroatoms. The highest BCUT2D eigenvalue weighted by Gasteiger charge is 2.30. The third-order valence-electron chi connectivity index (χ3n) is 5.30. The van der Waals surface area contributed by atoms with Crippen molar-refractivity contribution >= 4 is 23.4 Å². The van der Waals surface area contributed by atoms with Crippen LogP contribution in [0.2, 0.25) is 5.02 Å². The van der Waals surface area contributed by atoms with Gasteiger partial charge in [-0.1, -0.05) is 37.1 Å². The highest BCUT2D eigenvalue weighted by Crippen LogP contribution is 2.30. The Morgan fingerprint density at radius 1 is 1.12 bits per heavy atom. The van der Waals surface area contributed by atoms with Crippen LogP contribution in [0.15, 0.2) is 24.3 Å². The number of benzene rings is 1. The minimum absolute atomic E-state index is 0.0465. The smallest absolute Gasteiger partial charge is 0.225 e. The van der Waals surface area contributed by atoms with Crippen LogP contribution < -0.4 is 5.32 Å². The van der Waals surface area contributed by atoms with Crippen LogP contribution >= 0.6 is 11.6 Å². The Balaban J connectivity index is 1.69. The molecule has 1 N–H and O–H groups in total. The van der Waals surface area contributed by atoms with Gasteiger partial charge < -0.3 is 10.2 Å². The lowest BCUT2D eigenvalue weighted by molar-refractivity contribution is -0.137. The fraction of sp³-hybridized carbons (Fsp3) is 0.619. The molecule has 2 amide bonds. The second-order valence-electron chi connectivity index (χ2n) is 7.33. The molecule has 2 rings (SSSR count). The Hall–Kier alpha value is -1.55. The van der Waals surface area contributed by atoms with Crippen LogP contribution in [0.5, 0.6) is 0 Å². The molecule has 1 fully saturated rings. The average molecular weight is 379 g/mol. The van der Waals surface area contributed by atoms with Gasteiger partial charge in [-0.05, 0) is 56.2 Å². The molecular formula is C21H31ClN2O2. The van der Waals surface area contributed by atoms with E-state index >= 15 is 0 Å². The molecular weight excluding hydrogens is 348 g/mol. The van der Waals surface area contributed by atoms with Crippen molar-refractivity contribution in [1.29, 1.82) is 0 Å². The Morgan fingerprint density at radius 2 is 1.73 bits per heavy atom. The maximum Gasteiger partial charge on any atom is 0.225 e. The van der Waals surface area contributed by atoms with Gasteiger partial charge in [0.2, 0.25) is 11.8 Å². The van der Waals surface area contributed by atoms with Gasteiger partial charge in [0.15, 0.2) is 0 Å². The Bertz CT molecular complexity index is 580. The monoisotopic (exact) mass is 378 g/mol. The molecule has 0 heterocycles. The van der Waals surface area contributed by atoms with Crippen LogP contribution in [-0.2, 0) is 16.0 Å². The quantitative estimate of drug-likeness (QED) is 0.741. The van der Waals surface area contributed by atoms with Gasteiger partial charge in [0.1, 0.15) is 0 Å². The molecule has 26 heavy (non-hydrogen) atoms. The van der Waals surface area contributed by atoms with E-state index in [1.165, 1.54) is 5.56 Å². The molecule has 0 aliphatic heterocycles. The van der Waals surface area contributed by atoms with Gasteiger partial charge in [0.25, 0.3) is 0 Å². The van der Waals surface area contributed by atoms with Crippen molar-refractivity contribution in [3.05, 3.63) is 34.9 Å². The third kappa shape index (κ3) is 6.31. The third-order valence-corrected chi connectivity index (χ3v) is 5.55. The summed E-state index contributed by atoms with van der Waals surface area (Å²) in [5.41, 5.74) is 1.17. The van der Waals surface area contributed by atoms with E-state index in [9.17, 15) is 9.59 Å². The zero-order chi connectivity index (χ0) is 18.9. The maximum absolute atomic E-state index is 12.4. The molecule has 1 aliphatic carbocycles. The minimum atomic E-state index is 0.0465. The first-order valence-corrected chi connectivity index (χ1v) is 10.2. The van der Waals surface area contributed by atoms with Gasteiger partial charge in [0.05, 0.1) is 0 Å². The van der Waals surface area contributed by atoms with Crippen LogP contribution in [0, 0.1) is 11.8 Å². The summed E-state index contributed by atoms with van der Waals surface area (Å²) >= 11 is 5.88. The van der Waals surface area contributed by atoms with Crippen LogP contribution in [-0.4, -0.2) is 36.9 Å². The average Bonchev–Trinajstić information content (AvgIpc) is 2.67. The number of unbranched alkanes of at least 4 members (excludes halogenated alkanes) is 1. The van der Waals surface area contributed by atoms with Crippen molar-refractivity contribution in [3.8, 4) is 0 Å². The molecule has 1 saturated carbocycles. The second kappa shape index (κ2) is 10.6. The number of amides is 2. The van der Waals surface area contributed by atoms with E-state index in [-0.39, 0.29) is 23.7 Å². The van der Waals surface area contributed by atoms with E-state index < -0.39 is 0 Å². The molecule has 0 saturated heterocycles. The molecule has 1 aromatic rings. The van der Waals surface area contributed by atoms with E-state index in [2.05, 4.69) is 12.2 Å². The van der Waals surface area contributed by atoms with E-state index in [4.69, 9.17) is 11.6 Å². The van der Waals surface area contributed by atoms with Crippen molar-refractivity contribution in [3.63, 3.8) is 0 Å². The number of rotatable bonds is 8. The van der Waals surface area contributed by atoms with Crippen molar-refractivity contribution < 1.29 is 9.59 Å². The van der Waals surface area contributed by atoms with E-state index in [1.54, 1.807) is 0 Å². The Kier molecular flexibility index (Phi) is 8.43. The van der Waals surface area contributed by atoms with Crippen molar-refractivity contribution in [2.75, 3.05) is 20.1 Å². The number of nitrogens with zero attached hydrogens (tertiary/aromatic N) is 1. The van der Waals surface area contributed by atoms with E-state index in [0.29, 0.717) is 6.54 Å². The lowest BCUT2D eigenvalue weighted by Gasteiger charge is -2.30. The maximum atomic E-state index is 12.4. The van der Waals surface area contributed by atoms with Crippen LogP contribution in [0.1, 0.15) is 51.0 Å². The fourth-order valence-corrected chi connectivity index (χ4v) is 3.67. The van der Waals surface area contributed by atoms with Crippen molar-refractivity contribution in [2.24, 2.45) is 11.8 Å². The lowest BCUT2D eigenvalue weighted by Crippen LogP contribution is -2.39. The molecule has 4 nitrogen and oxygen atoms in total. The first-order chi connectivity index (χ1) is 12.5. The summed E-state index contributed by atoms with van der Waals surface area (Å²) in [5.74, 6) is 0.518. The second-order valence-corrected chi connectivity index (χ2v) is 7.77. The molecule has 1 aromatic carbocycles. The van der Waals surface area contributed by atoms with Crippen molar-refractivity contribution in [2.45, 2.75) is 51.9 Å². The largest absolute Gasteiger partial charge is 0.356 e. The fourth-order valence-electron chi connectivity index (χ4n) is 3.55. The summed E-state index contributed by atoms with van der Waals surface area (Å²) in [6.45, 7) is 3.61. The summed E-state index contributed by atoms with van der Waals surface area (Å²) in [7, 11) is 1.90. The molecule has 0 spiro atoms. The number of halogens is 1. The predicted octanol–water partition coefficient (Wildman–Crippen LogP) is 4.06. The Labute approximate surface area is 162 Å². The number of nitrogens with one attached hydrogen (secondary N) is 1. The number of carbonyl (C=O) groups excluding carboxylic acids is 2. The predicted molar refractivity (Wildman–Crippen MR) is 106 cm³/mol. The standard InChI is InChI=1S/C21H31ClN2O2/c1-3-4-15-24(2)21(26)18-9-7-17(8-10-18)20(25)23-14-13-16-5-11-19(22)12-6-16/h5-6,11-12,17-18H,3-4,7-10,13-15H2,1-2H3,(H,23,25). The van der Waals surface area contributed by atoms with Crippen molar-refractivity contribution in [1.82, 2.24) is 10.2 Å². The van der Waals surface area contributed by atoms with Gasteiger partial charge in [0, 0.05) is 37.0 Å². The number of carbonyl (C=O) groups is 2. The Morgan fingerprint density at radius 3 is 2.35 bits per heavy atom. The highest BCUT2D eigenvalue weighted by molar-refractivity contribution is 6.30. The molecule has 0 unspecified atom stereocenters. The molecule has 144 valence electrons. The zero-order valence-electron chi connectivity index (χ0n) is 16.0. The zero-order valence-corrected chi connectivity index (χ0v) is 16.7. The van der Waals surface area contributed by atoms with Gasteiger partial charge in [-0.3, -0.25) is 9.59 Å². The van der Waals surface area contributed by atoms with E-state index in [0.717, 1.165) is 56.5 Å². The van der Waals surface area contributed by atoms with E-state index in [1.807, 2.05) is 36.2 Å². The van der Waals surface area contributed by atoms with Gasteiger partial charge in [-0.2, -0.15) is 0 Å². The molecule has 0 bridgehead atoms.